The minimum absolute atomic E-state index is 0.112. The number of fused-ring (bicyclic) bond motifs is 4. The molecule has 1 aliphatic carbocycles. The lowest BCUT2D eigenvalue weighted by atomic mass is 9.71. The molecule has 176 valence electrons. The van der Waals surface area contributed by atoms with E-state index in [2.05, 4.69) is 5.32 Å². The van der Waals surface area contributed by atoms with Crippen LogP contribution in [0.25, 0.3) is 0 Å². The zero-order chi connectivity index (χ0) is 23.6. The number of anilines is 1. The monoisotopic (exact) mass is 461 g/mol. The highest BCUT2D eigenvalue weighted by Gasteiger charge is 2.63. The van der Waals surface area contributed by atoms with Crippen molar-refractivity contribution in [2.75, 3.05) is 31.8 Å². The molecule has 0 unspecified atom stereocenters. The first-order valence-electron chi connectivity index (χ1n) is 11.8. The maximum absolute atomic E-state index is 14.2. The Bertz CT molecular complexity index is 1210. The number of carbonyl (C=O) groups is 3. The van der Waals surface area contributed by atoms with E-state index in [9.17, 15) is 14.4 Å². The van der Waals surface area contributed by atoms with Crippen molar-refractivity contribution in [3.05, 3.63) is 53.6 Å². The van der Waals surface area contributed by atoms with Gasteiger partial charge in [0.15, 0.2) is 11.5 Å². The predicted octanol–water partition coefficient (Wildman–Crippen LogP) is 2.53. The molecule has 4 aliphatic rings. The smallest absolute Gasteiger partial charge is 0.254 e. The Morgan fingerprint density at radius 1 is 1.12 bits per heavy atom. The van der Waals surface area contributed by atoms with Gasteiger partial charge in [0.2, 0.25) is 12.7 Å². The SMILES string of the molecule is CNC(=O)[C@H]1CN(C(=O)c2ccc3c(c2)OCO3)[C@]2(C)C(=O)N(CC3CC3)c3ccccc3[C@H]12. The van der Waals surface area contributed by atoms with E-state index in [1.165, 1.54) is 0 Å². The second kappa shape index (κ2) is 7.48. The molecule has 0 aromatic heterocycles. The van der Waals surface area contributed by atoms with E-state index < -0.39 is 17.4 Å². The van der Waals surface area contributed by atoms with Gasteiger partial charge in [-0.1, -0.05) is 18.2 Å². The molecule has 0 bridgehead atoms. The summed E-state index contributed by atoms with van der Waals surface area (Å²) in [4.78, 5) is 44.6. The fourth-order valence-electron chi connectivity index (χ4n) is 5.84. The molecule has 3 amide bonds. The number of hydrogen-bond acceptors (Lipinski definition) is 5. The van der Waals surface area contributed by atoms with Crippen molar-refractivity contribution < 1.29 is 23.9 Å². The Morgan fingerprint density at radius 2 is 1.88 bits per heavy atom. The summed E-state index contributed by atoms with van der Waals surface area (Å²) >= 11 is 0. The molecule has 2 fully saturated rings. The third kappa shape index (κ3) is 2.94. The molecule has 1 N–H and O–H groups in total. The zero-order valence-corrected chi connectivity index (χ0v) is 19.2. The van der Waals surface area contributed by atoms with Crippen molar-refractivity contribution in [3.63, 3.8) is 0 Å². The molecule has 2 aromatic carbocycles. The molecule has 34 heavy (non-hydrogen) atoms. The third-order valence-electron chi connectivity index (χ3n) is 7.77. The first-order chi connectivity index (χ1) is 16.4. The lowest BCUT2D eigenvalue weighted by Crippen LogP contribution is -2.62. The Labute approximate surface area is 197 Å². The molecular weight excluding hydrogens is 434 g/mol. The van der Waals surface area contributed by atoms with Crippen LogP contribution in [0.3, 0.4) is 0 Å². The number of ether oxygens (including phenoxy) is 2. The highest BCUT2D eigenvalue weighted by atomic mass is 16.7. The number of rotatable bonds is 4. The molecule has 1 saturated carbocycles. The average Bonchev–Trinajstić information content (AvgIpc) is 3.45. The molecule has 3 heterocycles. The van der Waals surface area contributed by atoms with Crippen LogP contribution in [0.4, 0.5) is 5.69 Å². The molecule has 8 heteroatoms. The van der Waals surface area contributed by atoms with Crippen molar-refractivity contribution in [1.29, 1.82) is 0 Å². The molecule has 1 saturated heterocycles. The Kier molecular flexibility index (Phi) is 4.62. The summed E-state index contributed by atoms with van der Waals surface area (Å²) in [6.45, 7) is 2.73. The summed E-state index contributed by atoms with van der Waals surface area (Å²) in [7, 11) is 1.60. The number of nitrogens with zero attached hydrogens (tertiary/aromatic N) is 2. The summed E-state index contributed by atoms with van der Waals surface area (Å²) in [5, 5.41) is 2.75. The first kappa shape index (κ1) is 21.0. The Balaban J connectivity index is 1.47. The topological polar surface area (TPSA) is 88.2 Å². The minimum atomic E-state index is -1.19. The van der Waals surface area contributed by atoms with E-state index in [0.717, 1.165) is 24.1 Å². The number of amides is 3. The van der Waals surface area contributed by atoms with Crippen molar-refractivity contribution in [3.8, 4) is 11.5 Å². The molecule has 0 spiro atoms. The quantitative estimate of drug-likeness (QED) is 0.756. The highest BCUT2D eigenvalue weighted by Crippen LogP contribution is 2.54. The van der Waals surface area contributed by atoms with Crippen molar-refractivity contribution >= 4 is 23.4 Å². The fourth-order valence-corrected chi connectivity index (χ4v) is 5.84. The molecular formula is C26H27N3O5. The maximum atomic E-state index is 14.2. The van der Waals surface area contributed by atoms with Gasteiger partial charge in [-0.15, -0.1) is 0 Å². The van der Waals surface area contributed by atoms with Crippen LogP contribution < -0.4 is 19.7 Å². The van der Waals surface area contributed by atoms with E-state index in [1.54, 1.807) is 30.1 Å². The third-order valence-corrected chi connectivity index (χ3v) is 7.77. The molecule has 3 aliphatic heterocycles. The van der Waals surface area contributed by atoms with Crippen molar-refractivity contribution in [2.45, 2.75) is 31.2 Å². The van der Waals surface area contributed by atoms with E-state index in [4.69, 9.17) is 9.47 Å². The van der Waals surface area contributed by atoms with Crippen LogP contribution in [-0.2, 0) is 9.59 Å². The van der Waals surface area contributed by atoms with Gasteiger partial charge in [0, 0.05) is 37.3 Å². The van der Waals surface area contributed by atoms with Crippen LogP contribution in [0.5, 0.6) is 11.5 Å². The van der Waals surface area contributed by atoms with Gasteiger partial charge in [-0.05, 0) is 55.5 Å². The molecule has 6 rings (SSSR count). The van der Waals surface area contributed by atoms with E-state index in [-0.39, 0.29) is 31.1 Å². The standard InChI is InChI=1S/C26H27N3O5/c1-26-22(17-5-3-4-6-19(17)28(25(26)32)12-15-7-8-15)18(23(30)27-2)13-29(26)24(31)16-9-10-20-21(11-16)34-14-33-20/h3-6,9-11,15,18,22H,7-8,12-14H2,1-2H3,(H,27,30)/t18-,22+,26-/m0/s1. The first-order valence-corrected chi connectivity index (χ1v) is 11.8. The van der Waals surface area contributed by atoms with Gasteiger partial charge in [-0.25, -0.2) is 0 Å². The number of para-hydroxylation sites is 1. The lowest BCUT2D eigenvalue weighted by Gasteiger charge is -2.46. The number of hydrogen-bond donors (Lipinski definition) is 1. The molecule has 8 nitrogen and oxygen atoms in total. The van der Waals surface area contributed by atoms with Gasteiger partial charge in [-0.3, -0.25) is 14.4 Å². The summed E-state index contributed by atoms with van der Waals surface area (Å²) in [6.07, 6.45) is 2.21. The van der Waals surface area contributed by atoms with Gasteiger partial charge < -0.3 is 24.6 Å². The van der Waals surface area contributed by atoms with Gasteiger partial charge >= 0.3 is 0 Å². The summed E-state index contributed by atoms with van der Waals surface area (Å²) in [5.74, 6) is 0.00113. The van der Waals surface area contributed by atoms with Gasteiger partial charge in [-0.2, -0.15) is 0 Å². The van der Waals surface area contributed by atoms with Crippen molar-refractivity contribution in [2.24, 2.45) is 11.8 Å². The minimum Gasteiger partial charge on any atom is -0.454 e. The van der Waals surface area contributed by atoms with Crippen LogP contribution in [0, 0.1) is 11.8 Å². The number of carbonyl (C=O) groups excluding carboxylic acids is 3. The van der Waals surface area contributed by atoms with Gasteiger partial charge in [0.25, 0.3) is 11.8 Å². The molecule has 3 atom stereocenters. The van der Waals surface area contributed by atoms with Gasteiger partial charge in [0.05, 0.1) is 5.92 Å². The fraction of sp³-hybridized carbons (Fsp3) is 0.423. The second-order valence-electron chi connectivity index (χ2n) is 9.75. The van der Waals surface area contributed by atoms with E-state index in [1.807, 2.05) is 36.1 Å². The Morgan fingerprint density at radius 3 is 2.65 bits per heavy atom. The van der Waals surface area contributed by atoms with E-state index >= 15 is 0 Å². The second-order valence-corrected chi connectivity index (χ2v) is 9.75. The number of likely N-dealkylation sites (tertiary alicyclic amines) is 1. The predicted molar refractivity (Wildman–Crippen MR) is 124 cm³/mol. The lowest BCUT2D eigenvalue weighted by molar-refractivity contribution is -0.129. The summed E-state index contributed by atoms with van der Waals surface area (Å²) in [5.41, 5.74) is 1.02. The van der Waals surface area contributed by atoms with E-state index in [0.29, 0.717) is 29.5 Å². The number of benzene rings is 2. The zero-order valence-electron chi connectivity index (χ0n) is 19.2. The molecule has 2 aromatic rings. The maximum Gasteiger partial charge on any atom is 0.254 e. The Hall–Kier alpha value is -3.55. The van der Waals surface area contributed by atoms with Gasteiger partial charge in [0.1, 0.15) is 5.54 Å². The van der Waals surface area contributed by atoms with Crippen molar-refractivity contribution in [1.82, 2.24) is 10.2 Å². The number of nitrogens with one attached hydrogen (secondary N) is 1. The average molecular weight is 462 g/mol. The van der Waals surface area contributed by atoms with Crippen LogP contribution >= 0.6 is 0 Å². The van der Waals surface area contributed by atoms with Crippen LogP contribution in [0.2, 0.25) is 0 Å². The summed E-state index contributed by atoms with van der Waals surface area (Å²) < 4.78 is 10.8. The summed E-state index contributed by atoms with van der Waals surface area (Å²) in [6, 6.07) is 12.9. The van der Waals surface area contributed by atoms with Crippen LogP contribution in [-0.4, -0.2) is 55.1 Å². The highest BCUT2D eigenvalue weighted by molar-refractivity contribution is 6.09. The normalized spacial score (nSPS) is 26.8. The molecule has 0 radical (unpaired) electrons. The van der Waals surface area contributed by atoms with Crippen LogP contribution in [0.1, 0.15) is 41.6 Å². The largest absolute Gasteiger partial charge is 0.454 e. The van der Waals surface area contributed by atoms with Crippen LogP contribution in [0.15, 0.2) is 42.5 Å².